The molecule has 0 saturated heterocycles. The fourth-order valence-electron chi connectivity index (χ4n) is 2.47. The molecule has 0 aliphatic rings. The van der Waals surface area contributed by atoms with Crippen LogP contribution in [0.4, 0.5) is 5.69 Å². The predicted octanol–water partition coefficient (Wildman–Crippen LogP) is 2.81. The van der Waals surface area contributed by atoms with Gasteiger partial charge >= 0.3 is 0 Å². The first-order chi connectivity index (χ1) is 10.3. The molecule has 0 fully saturated rings. The molecule has 3 aromatic rings. The van der Waals surface area contributed by atoms with Crippen molar-refractivity contribution in [2.45, 2.75) is 13.0 Å². The third-order valence-corrected chi connectivity index (χ3v) is 3.54. The lowest BCUT2D eigenvalue weighted by Gasteiger charge is -2.09. The van der Waals surface area contributed by atoms with E-state index in [2.05, 4.69) is 10.3 Å². The number of benzene rings is 2. The van der Waals surface area contributed by atoms with Crippen LogP contribution in [0.5, 0.6) is 0 Å². The Labute approximate surface area is 123 Å². The summed E-state index contributed by atoms with van der Waals surface area (Å²) in [6.07, 6.45) is 2.22. The second-order valence-corrected chi connectivity index (χ2v) is 4.95. The molecule has 1 heterocycles. The lowest BCUT2D eigenvalue weighted by molar-refractivity contribution is -0.115. The van der Waals surface area contributed by atoms with E-state index in [1.54, 1.807) is 0 Å². The van der Waals surface area contributed by atoms with E-state index in [-0.39, 0.29) is 5.91 Å². The Balaban J connectivity index is 1.77. The molecular weight excluding hydrogens is 262 g/mol. The van der Waals surface area contributed by atoms with Gasteiger partial charge in [-0.2, -0.15) is 0 Å². The Bertz CT molecular complexity index is 776. The van der Waals surface area contributed by atoms with Crippen LogP contribution < -0.4 is 11.1 Å². The van der Waals surface area contributed by atoms with Crippen molar-refractivity contribution < 1.29 is 4.79 Å². The van der Waals surface area contributed by atoms with Gasteiger partial charge in [0, 0.05) is 29.3 Å². The van der Waals surface area contributed by atoms with Crippen LogP contribution in [-0.2, 0) is 17.8 Å². The highest BCUT2D eigenvalue weighted by molar-refractivity contribution is 5.96. The summed E-state index contributed by atoms with van der Waals surface area (Å²) in [5.74, 6) is -0.0411. The number of hydrogen-bond acceptors (Lipinski definition) is 2. The lowest BCUT2D eigenvalue weighted by atomic mass is 10.1. The van der Waals surface area contributed by atoms with Crippen molar-refractivity contribution in [1.29, 1.82) is 0 Å². The van der Waals surface area contributed by atoms with Crippen LogP contribution in [0.2, 0.25) is 0 Å². The molecule has 0 spiro atoms. The maximum atomic E-state index is 12.2. The monoisotopic (exact) mass is 279 g/mol. The Morgan fingerprint density at radius 3 is 2.67 bits per heavy atom. The van der Waals surface area contributed by atoms with Gasteiger partial charge in [-0.1, -0.05) is 36.4 Å². The SMILES string of the molecule is NCc1ccccc1NC(=O)Cc1c[nH]c2ccccc12. The molecule has 0 aliphatic heterocycles. The van der Waals surface area contributed by atoms with Crippen LogP contribution in [0.15, 0.2) is 54.7 Å². The number of hydrogen-bond donors (Lipinski definition) is 3. The van der Waals surface area contributed by atoms with Gasteiger partial charge in [0.1, 0.15) is 0 Å². The van der Waals surface area contributed by atoms with Crippen molar-refractivity contribution in [3.63, 3.8) is 0 Å². The van der Waals surface area contributed by atoms with Crippen LogP contribution in [0.25, 0.3) is 10.9 Å². The molecule has 106 valence electrons. The van der Waals surface area contributed by atoms with Gasteiger partial charge in [0.25, 0.3) is 0 Å². The van der Waals surface area contributed by atoms with Crippen molar-refractivity contribution in [2.24, 2.45) is 5.73 Å². The first-order valence-electron chi connectivity index (χ1n) is 6.91. The summed E-state index contributed by atoms with van der Waals surface area (Å²) < 4.78 is 0. The zero-order valence-electron chi connectivity index (χ0n) is 11.6. The zero-order valence-corrected chi connectivity index (χ0v) is 11.6. The van der Waals surface area contributed by atoms with Crippen molar-refractivity contribution >= 4 is 22.5 Å². The van der Waals surface area contributed by atoms with Crippen LogP contribution >= 0.6 is 0 Å². The van der Waals surface area contributed by atoms with E-state index in [4.69, 9.17) is 5.73 Å². The molecule has 0 saturated carbocycles. The number of carbonyl (C=O) groups is 1. The lowest BCUT2D eigenvalue weighted by Crippen LogP contribution is -2.16. The smallest absolute Gasteiger partial charge is 0.228 e. The quantitative estimate of drug-likeness (QED) is 0.687. The third kappa shape index (κ3) is 2.80. The van der Waals surface area contributed by atoms with Gasteiger partial charge in [-0.05, 0) is 23.3 Å². The minimum absolute atomic E-state index is 0.0411. The van der Waals surface area contributed by atoms with Crippen molar-refractivity contribution in [3.8, 4) is 0 Å². The highest BCUT2D eigenvalue weighted by Gasteiger charge is 2.10. The second-order valence-electron chi connectivity index (χ2n) is 4.95. The Morgan fingerprint density at radius 1 is 1.05 bits per heavy atom. The van der Waals surface area contributed by atoms with Gasteiger partial charge in [0.2, 0.25) is 5.91 Å². The maximum absolute atomic E-state index is 12.2. The summed E-state index contributed by atoms with van der Waals surface area (Å²) in [5, 5.41) is 4.01. The standard InChI is InChI=1S/C17H17N3O/c18-10-12-5-1-3-7-15(12)20-17(21)9-13-11-19-16-8-4-2-6-14(13)16/h1-8,11,19H,9-10,18H2,(H,20,21). The van der Waals surface area contributed by atoms with E-state index >= 15 is 0 Å². The summed E-state index contributed by atoms with van der Waals surface area (Å²) in [6.45, 7) is 0.406. The van der Waals surface area contributed by atoms with Crippen LogP contribution in [0.3, 0.4) is 0 Å². The van der Waals surface area contributed by atoms with E-state index in [0.717, 1.165) is 27.7 Å². The minimum Gasteiger partial charge on any atom is -0.361 e. The number of anilines is 1. The van der Waals surface area contributed by atoms with Crippen LogP contribution in [0, 0.1) is 0 Å². The number of rotatable bonds is 4. The number of para-hydroxylation sites is 2. The van der Waals surface area contributed by atoms with Gasteiger partial charge in [-0.3, -0.25) is 4.79 Å². The normalized spacial score (nSPS) is 10.7. The van der Waals surface area contributed by atoms with Crippen molar-refractivity contribution in [1.82, 2.24) is 4.98 Å². The molecule has 0 bridgehead atoms. The number of nitrogens with two attached hydrogens (primary N) is 1. The third-order valence-electron chi connectivity index (χ3n) is 3.54. The number of H-pyrrole nitrogens is 1. The molecule has 1 aromatic heterocycles. The summed E-state index contributed by atoms with van der Waals surface area (Å²) >= 11 is 0. The topological polar surface area (TPSA) is 70.9 Å². The maximum Gasteiger partial charge on any atom is 0.228 e. The number of aromatic nitrogens is 1. The Morgan fingerprint density at radius 2 is 1.81 bits per heavy atom. The minimum atomic E-state index is -0.0411. The van der Waals surface area contributed by atoms with Gasteiger partial charge in [-0.15, -0.1) is 0 Å². The van der Waals surface area contributed by atoms with E-state index in [1.165, 1.54) is 0 Å². The van der Waals surface area contributed by atoms with Gasteiger partial charge in [-0.25, -0.2) is 0 Å². The molecular formula is C17H17N3O. The molecule has 0 radical (unpaired) electrons. The first-order valence-corrected chi connectivity index (χ1v) is 6.91. The zero-order chi connectivity index (χ0) is 14.7. The van der Waals surface area contributed by atoms with E-state index < -0.39 is 0 Å². The number of nitrogens with one attached hydrogen (secondary N) is 2. The van der Waals surface area contributed by atoms with Gasteiger partial charge in [0.05, 0.1) is 6.42 Å². The molecule has 4 N–H and O–H groups in total. The molecule has 0 atom stereocenters. The molecule has 21 heavy (non-hydrogen) atoms. The molecule has 3 rings (SSSR count). The van der Waals surface area contributed by atoms with E-state index in [0.29, 0.717) is 13.0 Å². The second kappa shape index (κ2) is 5.81. The molecule has 4 nitrogen and oxygen atoms in total. The van der Waals surface area contributed by atoms with E-state index in [1.807, 2.05) is 54.7 Å². The summed E-state index contributed by atoms with van der Waals surface area (Å²) in [7, 11) is 0. The average Bonchev–Trinajstić information content (AvgIpc) is 2.91. The number of amides is 1. The van der Waals surface area contributed by atoms with Crippen molar-refractivity contribution in [3.05, 3.63) is 65.9 Å². The highest BCUT2D eigenvalue weighted by atomic mass is 16.1. The predicted molar refractivity (Wildman–Crippen MR) is 85.0 cm³/mol. The number of carbonyl (C=O) groups excluding carboxylic acids is 1. The fourth-order valence-corrected chi connectivity index (χ4v) is 2.47. The summed E-state index contributed by atoms with van der Waals surface area (Å²) in [6, 6.07) is 15.6. The summed E-state index contributed by atoms with van der Waals surface area (Å²) in [4.78, 5) is 15.4. The fraction of sp³-hybridized carbons (Fsp3) is 0.118. The Hall–Kier alpha value is -2.59. The largest absolute Gasteiger partial charge is 0.361 e. The first kappa shape index (κ1) is 13.4. The number of fused-ring (bicyclic) bond motifs is 1. The van der Waals surface area contributed by atoms with E-state index in [9.17, 15) is 4.79 Å². The van der Waals surface area contributed by atoms with Crippen LogP contribution in [0.1, 0.15) is 11.1 Å². The molecule has 0 unspecified atom stereocenters. The van der Waals surface area contributed by atoms with Gasteiger partial charge in [0.15, 0.2) is 0 Å². The average molecular weight is 279 g/mol. The molecule has 4 heteroatoms. The number of aromatic amines is 1. The van der Waals surface area contributed by atoms with Gasteiger partial charge < -0.3 is 16.0 Å². The molecule has 2 aromatic carbocycles. The summed E-state index contributed by atoms with van der Waals surface area (Å²) in [5.41, 5.74) is 9.44. The molecule has 1 amide bonds. The Kier molecular flexibility index (Phi) is 3.71. The molecule has 0 aliphatic carbocycles. The highest BCUT2D eigenvalue weighted by Crippen LogP contribution is 2.19. The van der Waals surface area contributed by atoms with Crippen molar-refractivity contribution in [2.75, 3.05) is 5.32 Å². The van der Waals surface area contributed by atoms with Crippen LogP contribution in [-0.4, -0.2) is 10.9 Å².